The molecule has 3 atom stereocenters. The van der Waals surface area contributed by atoms with Crippen LogP contribution in [0.5, 0.6) is 0 Å². The molecule has 0 saturated carbocycles. The first-order valence-corrected chi connectivity index (χ1v) is 6.43. The number of rotatable bonds is 0. The van der Waals surface area contributed by atoms with Crippen molar-refractivity contribution in [2.75, 3.05) is 10.6 Å². The number of para-hydroxylation sites is 2. The lowest BCUT2D eigenvalue weighted by Gasteiger charge is -2.38. The molecule has 2 aliphatic rings. The molecule has 3 unspecified atom stereocenters. The van der Waals surface area contributed by atoms with Gasteiger partial charge in [0, 0.05) is 0 Å². The van der Waals surface area contributed by atoms with Crippen molar-refractivity contribution in [3.63, 3.8) is 0 Å². The molecule has 1 fully saturated rings. The number of hydrogen-bond acceptors (Lipinski definition) is 5. The average Bonchev–Trinajstić information content (AvgIpc) is 2.56. The predicted octanol–water partition coefficient (Wildman–Crippen LogP) is 0.714. The highest BCUT2D eigenvalue weighted by atomic mass is 32.2. The first-order chi connectivity index (χ1) is 8.12. The van der Waals surface area contributed by atoms with E-state index in [2.05, 4.69) is 16.0 Å². The number of thioether (sulfide) groups is 1. The van der Waals surface area contributed by atoms with E-state index in [9.17, 15) is 4.79 Å². The number of amides is 1. The third-order valence-corrected chi connectivity index (χ3v) is 4.37. The highest BCUT2D eigenvalue weighted by Crippen LogP contribution is 2.39. The molecule has 0 aromatic heterocycles. The van der Waals surface area contributed by atoms with E-state index >= 15 is 0 Å². The number of anilines is 2. The Kier molecular flexibility index (Phi) is 2.32. The average molecular weight is 250 g/mol. The topological polar surface area (TPSA) is 79.2 Å². The van der Waals surface area contributed by atoms with Gasteiger partial charge in [0.15, 0.2) is 5.66 Å². The Bertz CT molecular complexity index is 480. The zero-order valence-corrected chi connectivity index (χ0v) is 10.2. The molecule has 5 N–H and O–H groups in total. The Morgan fingerprint density at radius 1 is 1.35 bits per heavy atom. The van der Waals surface area contributed by atoms with Gasteiger partial charge in [-0.3, -0.25) is 10.1 Å². The van der Waals surface area contributed by atoms with Crippen LogP contribution in [0.2, 0.25) is 0 Å². The van der Waals surface area contributed by atoms with Gasteiger partial charge in [-0.05, 0) is 19.1 Å². The third kappa shape index (κ3) is 1.52. The summed E-state index contributed by atoms with van der Waals surface area (Å²) in [6, 6.07) is 7.65. The lowest BCUT2D eigenvalue weighted by atomic mass is 10.0. The standard InChI is InChI=1S/C11H14N4OS/c1-6-11(15-10(12)17-6)9(16)13-7-4-2-3-5-8(7)14-11/h2-6,10,14-15H,12H2,1H3,(H,13,16). The zero-order chi connectivity index (χ0) is 12.0. The van der Waals surface area contributed by atoms with Gasteiger partial charge < -0.3 is 16.4 Å². The second-order valence-corrected chi connectivity index (χ2v) is 5.76. The maximum Gasteiger partial charge on any atom is 0.266 e. The van der Waals surface area contributed by atoms with Crippen LogP contribution in [0.4, 0.5) is 11.4 Å². The molecule has 1 aromatic rings. The van der Waals surface area contributed by atoms with Crippen molar-refractivity contribution in [3.05, 3.63) is 24.3 Å². The van der Waals surface area contributed by atoms with Crippen molar-refractivity contribution < 1.29 is 4.79 Å². The highest BCUT2D eigenvalue weighted by molar-refractivity contribution is 8.00. The van der Waals surface area contributed by atoms with Crippen LogP contribution in [0.3, 0.4) is 0 Å². The number of benzene rings is 1. The van der Waals surface area contributed by atoms with Gasteiger partial charge in [-0.1, -0.05) is 12.1 Å². The Morgan fingerprint density at radius 3 is 2.71 bits per heavy atom. The minimum absolute atomic E-state index is 0.0610. The minimum Gasteiger partial charge on any atom is -0.357 e. The largest absolute Gasteiger partial charge is 0.357 e. The van der Waals surface area contributed by atoms with Crippen molar-refractivity contribution in [1.82, 2.24) is 5.32 Å². The summed E-state index contributed by atoms with van der Waals surface area (Å²) in [6.07, 6.45) is 0. The summed E-state index contributed by atoms with van der Waals surface area (Å²) in [5.41, 5.74) is 6.54. The summed E-state index contributed by atoms with van der Waals surface area (Å²) in [7, 11) is 0. The van der Waals surface area contributed by atoms with Gasteiger partial charge in [-0.2, -0.15) is 0 Å². The summed E-state index contributed by atoms with van der Waals surface area (Å²) in [5.74, 6) is -0.0795. The van der Waals surface area contributed by atoms with E-state index in [1.54, 1.807) is 11.8 Å². The fourth-order valence-corrected chi connectivity index (χ4v) is 3.41. The van der Waals surface area contributed by atoms with Gasteiger partial charge in [0.1, 0.15) is 5.50 Å². The van der Waals surface area contributed by atoms with E-state index in [1.165, 1.54) is 0 Å². The maximum absolute atomic E-state index is 12.2. The van der Waals surface area contributed by atoms with Gasteiger partial charge >= 0.3 is 0 Å². The fraction of sp³-hybridized carbons (Fsp3) is 0.364. The quantitative estimate of drug-likeness (QED) is 0.545. The summed E-state index contributed by atoms with van der Waals surface area (Å²) >= 11 is 1.55. The maximum atomic E-state index is 12.2. The number of carbonyl (C=O) groups excluding carboxylic acids is 1. The van der Waals surface area contributed by atoms with Gasteiger partial charge in [-0.25, -0.2) is 0 Å². The minimum atomic E-state index is -0.807. The molecule has 1 amide bonds. The van der Waals surface area contributed by atoms with Crippen molar-refractivity contribution in [3.8, 4) is 0 Å². The highest BCUT2D eigenvalue weighted by Gasteiger charge is 2.52. The molecule has 5 nitrogen and oxygen atoms in total. The van der Waals surface area contributed by atoms with Crippen molar-refractivity contribution in [1.29, 1.82) is 0 Å². The molecule has 0 bridgehead atoms. The molecule has 2 heterocycles. The zero-order valence-electron chi connectivity index (χ0n) is 9.36. The van der Waals surface area contributed by atoms with E-state index in [0.29, 0.717) is 0 Å². The molecule has 0 radical (unpaired) electrons. The van der Waals surface area contributed by atoms with Crippen molar-refractivity contribution in [2.24, 2.45) is 5.73 Å². The van der Waals surface area contributed by atoms with Crippen molar-refractivity contribution in [2.45, 2.75) is 23.3 Å². The van der Waals surface area contributed by atoms with Crippen LogP contribution in [-0.2, 0) is 4.79 Å². The summed E-state index contributed by atoms with van der Waals surface area (Å²) in [6.45, 7) is 1.99. The molecule has 3 rings (SSSR count). The summed E-state index contributed by atoms with van der Waals surface area (Å²) < 4.78 is 0. The van der Waals surface area contributed by atoms with Gasteiger partial charge in [0.2, 0.25) is 0 Å². The lowest BCUT2D eigenvalue weighted by Crippen LogP contribution is -2.65. The van der Waals surface area contributed by atoms with Gasteiger partial charge in [0.25, 0.3) is 5.91 Å². The first-order valence-electron chi connectivity index (χ1n) is 5.49. The molecule has 1 spiro atoms. The van der Waals surface area contributed by atoms with Crippen LogP contribution >= 0.6 is 11.8 Å². The van der Waals surface area contributed by atoms with Crippen LogP contribution in [0, 0.1) is 0 Å². The second kappa shape index (κ2) is 3.63. The Labute approximate surface area is 104 Å². The monoisotopic (exact) mass is 250 g/mol. The number of nitrogens with one attached hydrogen (secondary N) is 3. The Hall–Kier alpha value is -1.24. The van der Waals surface area contributed by atoms with Gasteiger partial charge in [-0.15, -0.1) is 11.8 Å². The predicted molar refractivity (Wildman–Crippen MR) is 69.6 cm³/mol. The number of carbonyl (C=O) groups is 1. The molecule has 2 aliphatic heterocycles. The molecule has 90 valence electrons. The molecule has 6 heteroatoms. The normalized spacial score (nSPS) is 35.3. The summed E-state index contributed by atoms with van der Waals surface area (Å²) in [4.78, 5) is 12.2. The smallest absolute Gasteiger partial charge is 0.266 e. The molecular weight excluding hydrogens is 236 g/mol. The van der Waals surface area contributed by atoms with E-state index in [0.717, 1.165) is 11.4 Å². The van der Waals surface area contributed by atoms with Crippen LogP contribution in [-0.4, -0.2) is 22.3 Å². The Morgan fingerprint density at radius 2 is 2.06 bits per heavy atom. The van der Waals surface area contributed by atoms with Crippen LogP contribution < -0.4 is 21.7 Å². The molecule has 17 heavy (non-hydrogen) atoms. The Balaban J connectivity index is 2.02. The van der Waals surface area contributed by atoms with Crippen LogP contribution in [0.15, 0.2) is 24.3 Å². The summed E-state index contributed by atoms with van der Waals surface area (Å²) in [5, 5.41) is 9.38. The molecule has 1 aromatic carbocycles. The number of nitrogens with two attached hydrogens (primary N) is 1. The fourth-order valence-electron chi connectivity index (χ4n) is 2.28. The van der Waals surface area contributed by atoms with Crippen LogP contribution in [0.25, 0.3) is 0 Å². The molecule has 1 saturated heterocycles. The molecular formula is C11H14N4OS. The molecule has 0 aliphatic carbocycles. The van der Waals surface area contributed by atoms with E-state index in [1.807, 2.05) is 31.2 Å². The van der Waals surface area contributed by atoms with E-state index in [4.69, 9.17) is 5.73 Å². The first kappa shape index (κ1) is 10.9. The van der Waals surface area contributed by atoms with E-state index in [-0.39, 0.29) is 16.7 Å². The van der Waals surface area contributed by atoms with Gasteiger partial charge in [0.05, 0.1) is 16.6 Å². The van der Waals surface area contributed by atoms with E-state index < -0.39 is 5.66 Å². The third-order valence-electron chi connectivity index (χ3n) is 3.20. The van der Waals surface area contributed by atoms with Crippen LogP contribution in [0.1, 0.15) is 6.92 Å². The number of fused-ring (bicyclic) bond motifs is 1. The lowest BCUT2D eigenvalue weighted by molar-refractivity contribution is -0.121. The SMILES string of the molecule is CC1SC(N)NC12Nc1ccccc1NC2=O. The second-order valence-electron chi connectivity index (χ2n) is 4.28. The van der Waals surface area contributed by atoms with Crippen molar-refractivity contribution >= 4 is 29.0 Å². The number of hydrogen-bond donors (Lipinski definition) is 4.